The monoisotopic (exact) mass is 494 g/mol. The maximum Gasteiger partial charge on any atom is 0.348 e. The first-order valence-electron chi connectivity index (χ1n) is 11.9. The normalized spacial score (nSPS) is 28.1. The zero-order valence-corrected chi connectivity index (χ0v) is 21.0. The van der Waals surface area contributed by atoms with Gasteiger partial charge in [0.05, 0.1) is 18.8 Å². The van der Waals surface area contributed by atoms with Crippen LogP contribution in [0.5, 0.6) is 0 Å². The van der Waals surface area contributed by atoms with Gasteiger partial charge in [-0.25, -0.2) is 4.79 Å². The van der Waals surface area contributed by atoms with Crippen LogP contribution < -0.4 is 0 Å². The molecule has 2 heterocycles. The van der Waals surface area contributed by atoms with E-state index in [1.165, 1.54) is 20.1 Å². The molecule has 1 spiro atoms. The van der Waals surface area contributed by atoms with Crippen molar-refractivity contribution in [2.24, 2.45) is 17.8 Å². The van der Waals surface area contributed by atoms with E-state index in [9.17, 15) is 19.2 Å². The second-order valence-corrected chi connectivity index (χ2v) is 9.61. The molecule has 10 heteroatoms. The second kappa shape index (κ2) is 10.8. The molecular weight excluding hydrogens is 460 g/mol. The van der Waals surface area contributed by atoms with Crippen molar-refractivity contribution in [1.82, 2.24) is 0 Å². The van der Waals surface area contributed by atoms with Gasteiger partial charge in [0, 0.05) is 31.8 Å². The molecule has 0 radical (unpaired) electrons. The van der Waals surface area contributed by atoms with Crippen LogP contribution in [0.25, 0.3) is 0 Å². The molecule has 0 N–H and O–H groups in total. The van der Waals surface area contributed by atoms with Gasteiger partial charge < -0.3 is 28.4 Å². The van der Waals surface area contributed by atoms with E-state index in [4.69, 9.17) is 28.4 Å². The van der Waals surface area contributed by atoms with Gasteiger partial charge in [-0.3, -0.25) is 14.4 Å². The minimum absolute atomic E-state index is 0.154. The van der Waals surface area contributed by atoms with Gasteiger partial charge in [0.25, 0.3) is 6.29 Å². The Hall–Kier alpha value is -2.88. The van der Waals surface area contributed by atoms with Gasteiger partial charge in [0.1, 0.15) is 12.2 Å². The SMILES string of the molecule is CCC(C)CC(=O)O[C@@H]1OC=C(COC(=O)C(OC(C)=O)C(C)C)C2=C[C@H](OC(C)=O)[C@@]3(CO3)[C@H]21. The highest BCUT2D eigenvalue weighted by Crippen LogP contribution is 2.54. The van der Waals surface area contributed by atoms with Crippen molar-refractivity contribution in [3.05, 3.63) is 23.5 Å². The summed E-state index contributed by atoms with van der Waals surface area (Å²) < 4.78 is 33.2. The average molecular weight is 495 g/mol. The fourth-order valence-electron chi connectivity index (χ4n) is 4.25. The smallest absolute Gasteiger partial charge is 0.348 e. The van der Waals surface area contributed by atoms with E-state index in [-0.39, 0.29) is 31.5 Å². The molecule has 0 saturated carbocycles. The fraction of sp³-hybridized carbons (Fsp3) is 0.680. The number of carbonyl (C=O) groups is 4. The van der Waals surface area contributed by atoms with Gasteiger partial charge in [-0.05, 0) is 17.6 Å². The molecule has 1 saturated heterocycles. The average Bonchev–Trinajstić information content (AvgIpc) is 3.50. The number of fused-ring (bicyclic) bond motifs is 2. The zero-order valence-electron chi connectivity index (χ0n) is 21.0. The van der Waals surface area contributed by atoms with Crippen molar-refractivity contribution in [1.29, 1.82) is 0 Å². The van der Waals surface area contributed by atoms with Crippen LogP contribution in [0.3, 0.4) is 0 Å². The molecule has 3 aliphatic rings. The Balaban J connectivity index is 1.79. The molecule has 2 unspecified atom stereocenters. The molecule has 2 aliphatic heterocycles. The Morgan fingerprint density at radius 3 is 2.34 bits per heavy atom. The Labute approximate surface area is 204 Å². The summed E-state index contributed by atoms with van der Waals surface area (Å²) in [4.78, 5) is 48.2. The molecule has 6 atom stereocenters. The lowest BCUT2D eigenvalue weighted by atomic mass is 9.85. The minimum Gasteiger partial charge on any atom is -0.461 e. The maximum absolute atomic E-state index is 12.6. The zero-order chi connectivity index (χ0) is 25.9. The lowest BCUT2D eigenvalue weighted by Crippen LogP contribution is -2.44. The number of rotatable bonds is 10. The van der Waals surface area contributed by atoms with Crippen LogP contribution in [0.2, 0.25) is 0 Å². The number of carbonyl (C=O) groups excluding carboxylic acids is 4. The Morgan fingerprint density at radius 2 is 1.80 bits per heavy atom. The largest absolute Gasteiger partial charge is 0.461 e. The van der Waals surface area contributed by atoms with Crippen LogP contribution in [-0.4, -0.2) is 61.2 Å². The van der Waals surface area contributed by atoms with Crippen molar-refractivity contribution < 1.29 is 47.6 Å². The molecule has 0 bridgehead atoms. The van der Waals surface area contributed by atoms with E-state index in [1.807, 2.05) is 13.8 Å². The van der Waals surface area contributed by atoms with Gasteiger partial charge in [-0.1, -0.05) is 34.1 Å². The first kappa shape index (κ1) is 26.7. The lowest BCUT2D eigenvalue weighted by molar-refractivity contribution is -0.186. The summed E-state index contributed by atoms with van der Waals surface area (Å²) in [6, 6.07) is 0. The summed E-state index contributed by atoms with van der Waals surface area (Å²) in [5, 5.41) is 0. The van der Waals surface area contributed by atoms with Gasteiger partial charge in [-0.15, -0.1) is 0 Å². The standard InChI is InChI=1S/C25H34O10/c1-7-14(4)8-20(28)35-24-21-18(9-19(33-15(5)26)25(21)12-32-25)17(11-31-24)10-30-23(29)22(13(2)3)34-16(6)27/h9,11,13-14,19,21-22,24H,7-8,10,12H2,1-6H3/t14?,19-,21+,22?,24-,25-/m0/s1. The Bertz CT molecular complexity index is 913. The summed E-state index contributed by atoms with van der Waals surface area (Å²) >= 11 is 0. The summed E-state index contributed by atoms with van der Waals surface area (Å²) in [5.41, 5.74) is 0.250. The van der Waals surface area contributed by atoms with E-state index in [1.54, 1.807) is 19.9 Å². The molecule has 10 nitrogen and oxygen atoms in total. The van der Waals surface area contributed by atoms with Crippen LogP contribution in [0.4, 0.5) is 0 Å². The molecule has 0 aromatic carbocycles. The van der Waals surface area contributed by atoms with E-state index < -0.39 is 53.9 Å². The molecule has 3 rings (SSSR count). The summed E-state index contributed by atoms with van der Waals surface area (Å²) in [6.45, 7) is 10.1. The Kier molecular flexibility index (Phi) is 8.25. The van der Waals surface area contributed by atoms with Crippen LogP contribution >= 0.6 is 0 Å². The third-order valence-corrected chi connectivity index (χ3v) is 6.39. The van der Waals surface area contributed by atoms with Crippen LogP contribution in [0.15, 0.2) is 23.5 Å². The molecule has 1 aliphatic carbocycles. The minimum atomic E-state index is -1.05. The summed E-state index contributed by atoms with van der Waals surface area (Å²) in [7, 11) is 0. The molecule has 0 aromatic heterocycles. The van der Waals surface area contributed by atoms with Gasteiger partial charge in [-0.2, -0.15) is 0 Å². The van der Waals surface area contributed by atoms with Crippen LogP contribution in [-0.2, 0) is 47.6 Å². The van der Waals surface area contributed by atoms with Gasteiger partial charge in [0.2, 0.25) is 6.10 Å². The molecule has 194 valence electrons. The topological polar surface area (TPSA) is 127 Å². The highest BCUT2D eigenvalue weighted by atomic mass is 16.7. The van der Waals surface area contributed by atoms with Crippen molar-refractivity contribution in [3.8, 4) is 0 Å². The highest BCUT2D eigenvalue weighted by molar-refractivity contribution is 5.79. The molecule has 35 heavy (non-hydrogen) atoms. The third-order valence-electron chi connectivity index (χ3n) is 6.39. The van der Waals surface area contributed by atoms with Crippen molar-refractivity contribution >= 4 is 23.9 Å². The van der Waals surface area contributed by atoms with E-state index in [0.717, 1.165) is 6.42 Å². The molecule has 0 amide bonds. The molecular formula is C25H34O10. The molecule has 0 aromatic rings. The third kappa shape index (κ3) is 6.04. The van der Waals surface area contributed by atoms with Crippen molar-refractivity contribution in [3.63, 3.8) is 0 Å². The van der Waals surface area contributed by atoms with Crippen molar-refractivity contribution in [2.75, 3.05) is 13.2 Å². The summed E-state index contributed by atoms with van der Waals surface area (Å²) in [5.74, 6) is -2.86. The first-order valence-corrected chi connectivity index (χ1v) is 11.9. The predicted molar refractivity (Wildman–Crippen MR) is 120 cm³/mol. The van der Waals surface area contributed by atoms with E-state index in [0.29, 0.717) is 11.1 Å². The number of hydrogen-bond donors (Lipinski definition) is 0. The highest BCUT2D eigenvalue weighted by Gasteiger charge is 2.67. The maximum atomic E-state index is 12.6. The van der Waals surface area contributed by atoms with Crippen LogP contribution in [0, 0.1) is 17.8 Å². The van der Waals surface area contributed by atoms with Gasteiger partial charge >= 0.3 is 23.9 Å². The lowest BCUT2D eigenvalue weighted by Gasteiger charge is -2.33. The Morgan fingerprint density at radius 1 is 1.11 bits per heavy atom. The first-order chi connectivity index (χ1) is 16.5. The van der Waals surface area contributed by atoms with Crippen LogP contribution in [0.1, 0.15) is 54.4 Å². The molecule has 1 fully saturated rings. The number of epoxide rings is 1. The summed E-state index contributed by atoms with van der Waals surface area (Å²) in [6.07, 6.45) is 1.43. The van der Waals surface area contributed by atoms with Crippen molar-refractivity contribution in [2.45, 2.75) is 78.5 Å². The number of hydrogen-bond acceptors (Lipinski definition) is 10. The predicted octanol–water partition coefficient (Wildman–Crippen LogP) is 2.59. The number of esters is 4. The van der Waals surface area contributed by atoms with E-state index in [2.05, 4.69) is 0 Å². The van der Waals surface area contributed by atoms with Gasteiger partial charge in [0.15, 0.2) is 6.10 Å². The quantitative estimate of drug-likeness (QED) is 0.254. The fourth-order valence-corrected chi connectivity index (χ4v) is 4.25. The number of ether oxygens (including phenoxy) is 6. The van der Waals surface area contributed by atoms with E-state index >= 15 is 0 Å². The second-order valence-electron chi connectivity index (χ2n) is 9.61.